The third-order valence-electron chi connectivity index (χ3n) is 5.00. The molecule has 1 fully saturated rings. The van der Waals surface area contributed by atoms with Gasteiger partial charge in [0, 0.05) is 23.5 Å². The second-order valence-electron chi connectivity index (χ2n) is 7.05. The van der Waals surface area contributed by atoms with E-state index in [2.05, 4.69) is 14.8 Å². The fraction of sp³-hybridized carbons (Fsp3) is 0.471. The van der Waals surface area contributed by atoms with Gasteiger partial charge in [-0.25, -0.2) is 18.8 Å². The molecule has 8 nitrogen and oxygen atoms in total. The number of anilines is 1. The molecule has 2 aromatic heterocycles. The van der Waals surface area contributed by atoms with E-state index in [0.29, 0.717) is 16.3 Å². The number of alkyl halides is 2. The molecule has 28 heavy (non-hydrogen) atoms. The molecule has 11 heteroatoms. The number of carbonyl (C=O) groups is 1. The van der Waals surface area contributed by atoms with Gasteiger partial charge >= 0.3 is 12.6 Å². The lowest BCUT2D eigenvalue weighted by molar-refractivity contribution is 0.0554. The minimum atomic E-state index is -3.75. The Hall–Kier alpha value is -2.40. The van der Waals surface area contributed by atoms with Gasteiger partial charge in [0.25, 0.3) is 0 Å². The molecular weight excluding hydrogens is 390 g/mol. The van der Waals surface area contributed by atoms with Crippen LogP contribution in [0.2, 0.25) is 0 Å². The summed E-state index contributed by atoms with van der Waals surface area (Å²) in [5.74, 6) is 0.413. The highest BCUT2D eigenvalue weighted by molar-refractivity contribution is 7.91. The normalized spacial score (nSPS) is 18.0. The number of nitrogens with two attached hydrogens (primary N) is 1. The Labute approximate surface area is 160 Å². The van der Waals surface area contributed by atoms with Crippen LogP contribution in [-0.2, 0) is 22.8 Å². The van der Waals surface area contributed by atoms with Gasteiger partial charge in [-0.15, -0.1) is 4.36 Å². The Morgan fingerprint density at radius 2 is 2.18 bits per heavy atom. The van der Waals surface area contributed by atoms with E-state index in [9.17, 15) is 17.8 Å². The summed E-state index contributed by atoms with van der Waals surface area (Å²) in [5, 5.41) is 11.4. The highest BCUT2D eigenvalue weighted by Crippen LogP contribution is 2.44. The van der Waals surface area contributed by atoms with E-state index in [0.717, 1.165) is 66.9 Å². The Kier molecular flexibility index (Phi) is 4.66. The number of aromatic nitrogens is 3. The highest BCUT2D eigenvalue weighted by Gasteiger charge is 2.31. The van der Waals surface area contributed by atoms with Crippen molar-refractivity contribution in [3.8, 4) is 0 Å². The zero-order valence-electron chi connectivity index (χ0n) is 15.2. The van der Waals surface area contributed by atoms with Crippen molar-refractivity contribution in [1.82, 2.24) is 14.8 Å². The Morgan fingerprint density at radius 3 is 2.82 bits per heavy atom. The first-order valence-corrected chi connectivity index (χ1v) is 10.6. The van der Waals surface area contributed by atoms with Crippen LogP contribution in [0.1, 0.15) is 54.2 Å². The van der Waals surface area contributed by atoms with Crippen molar-refractivity contribution in [1.29, 1.82) is 0 Å². The van der Waals surface area contributed by atoms with Crippen molar-refractivity contribution < 1.29 is 17.8 Å². The molecule has 2 aliphatic carbocycles. The van der Waals surface area contributed by atoms with Crippen molar-refractivity contribution in [3.05, 3.63) is 34.8 Å². The van der Waals surface area contributed by atoms with Crippen LogP contribution in [0.5, 0.6) is 0 Å². The summed E-state index contributed by atoms with van der Waals surface area (Å²) in [6.45, 7) is -1.00. The Balaban J connectivity index is 1.65. The van der Waals surface area contributed by atoms with E-state index in [4.69, 9.17) is 10.1 Å². The number of nitrogens with one attached hydrogen (secondary N) is 1. The van der Waals surface area contributed by atoms with Crippen molar-refractivity contribution in [2.45, 2.75) is 56.5 Å². The van der Waals surface area contributed by atoms with Crippen LogP contribution in [-0.4, -0.2) is 25.0 Å². The number of pyridine rings is 1. The largest absolute Gasteiger partial charge is 0.354 e. The molecule has 0 bridgehead atoms. The second-order valence-corrected chi connectivity index (χ2v) is 8.79. The molecule has 2 heterocycles. The summed E-state index contributed by atoms with van der Waals surface area (Å²) in [4.78, 5) is 17.2. The average molecular weight is 410 g/mol. The zero-order valence-corrected chi connectivity index (χ0v) is 16.0. The van der Waals surface area contributed by atoms with Gasteiger partial charge in [-0.05, 0) is 56.2 Å². The molecule has 0 aromatic carbocycles. The maximum absolute atomic E-state index is 12.6. The fourth-order valence-corrected chi connectivity index (χ4v) is 4.37. The monoisotopic (exact) mass is 410 g/mol. The average Bonchev–Trinajstić information content (AvgIpc) is 3.14. The maximum atomic E-state index is 12.6. The SMILES string of the molecule is Cc1c(C2CC2)nc2c(c1NC(=O)N=S(N)(=O)c1ccn(C(F)F)n1)CCC2. The minimum absolute atomic E-state index is 0.303. The molecule has 0 radical (unpaired) electrons. The van der Waals surface area contributed by atoms with Gasteiger partial charge in [0.15, 0.2) is 14.9 Å². The minimum Gasteiger partial charge on any atom is -0.305 e. The molecule has 0 spiro atoms. The summed E-state index contributed by atoms with van der Waals surface area (Å²) in [5.41, 5.74) is 4.46. The van der Waals surface area contributed by atoms with Crippen molar-refractivity contribution in [3.63, 3.8) is 0 Å². The molecule has 0 aliphatic heterocycles. The van der Waals surface area contributed by atoms with E-state index < -0.39 is 22.5 Å². The van der Waals surface area contributed by atoms with Crippen molar-refractivity contribution in [2.24, 2.45) is 9.50 Å². The molecule has 2 amide bonds. The molecule has 0 saturated heterocycles. The topological polar surface area (TPSA) is 115 Å². The number of aryl methyl sites for hydroxylation is 1. The van der Waals surface area contributed by atoms with Gasteiger partial charge in [0.05, 0.1) is 5.69 Å². The number of nitrogens with zero attached hydrogens (tertiary/aromatic N) is 4. The van der Waals surface area contributed by atoms with Crippen molar-refractivity contribution in [2.75, 3.05) is 5.32 Å². The number of urea groups is 1. The predicted molar refractivity (Wildman–Crippen MR) is 98.5 cm³/mol. The van der Waals surface area contributed by atoms with Gasteiger partial charge in [-0.1, -0.05) is 0 Å². The van der Waals surface area contributed by atoms with Gasteiger partial charge < -0.3 is 5.32 Å². The number of hydrogen-bond acceptors (Lipinski definition) is 4. The molecule has 2 aliphatic rings. The fourth-order valence-electron chi connectivity index (χ4n) is 3.51. The standard InChI is InChI=1S/C17H20F2N6O2S/c1-9-14(10-5-6-10)21-12-4-2-3-11(12)15(9)22-17(26)24-28(20,27)13-7-8-25(23-13)16(18)19/h7-8,10,16H,2-6H2,1H3,(H3,20,21,22,24,26,27). The Morgan fingerprint density at radius 1 is 1.43 bits per heavy atom. The smallest absolute Gasteiger partial charge is 0.305 e. The molecule has 1 unspecified atom stereocenters. The number of rotatable bonds is 4. The first-order chi connectivity index (χ1) is 13.3. The van der Waals surface area contributed by atoms with Crippen LogP contribution in [0.4, 0.5) is 19.3 Å². The van der Waals surface area contributed by atoms with Crippen LogP contribution in [0.3, 0.4) is 0 Å². The molecule has 2 aromatic rings. The summed E-state index contributed by atoms with van der Waals surface area (Å²) in [7, 11) is -3.75. The lowest BCUT2D eigenvalue weighted by Gasteiger charge is -2.15. The van der Waals surface area contributed by atoms with Gasteiger partial charge in [0.1, 0.15) is 0 Å². The Bertz CT molecular complexity index is 1070. The van der Waals surface area contributed by atoms with Gasteiger partial charge in [-0.2, -0.15) is 13.9 Å². The summed E-state index contributed by atoms with van der Waals surface area (Å²) in [6, 6.07) is 0.163. The quantitative estimate of drug-likeness (QED) is 0.805. The molecule has 1 atom stereocenters. The number of hydrogen-bond donors (Lipinski definition) is 2. The van der Waals surface area contributed by atoms with Crippen LogP contribution >= 0.6 is 0 Å². The van der Waals surface area contributed by atoms with Gasteiger partial charge in [0.2, 0.25) is 0 Å². The first-order valence-electron chi connectivity index (χ1n) is 8.97. The highest BCUT2D eigenvalue weighted by atomic mass is 32.2. The lowest BCUT2D eigenvalue weighted by Crippen LogP contribution is -2.20. The summed E-state index contributed by atoms with van der Waals surface area (Å²) in [6.07, 6.45) is 5.69. The molecule has 150 valence electrons. The van der Waals surface area contributed by atoms with Crippen LogP contribution in [0, 0.1) is 6.92 Å². The van der Waals surface area contributed by atoms with E-state index in [-0.39, 0.29) is 5.03 Å². The van der Waals surface area contributed by atoms with Gasteiger partial charge in [-0.3, -0.25) is 4.98 Å². The number of halogens is 2. The van der Waals surface area contributed by atoms with Crippen LogP contribution in [0.15, 0.2) is 21.7 Å². The zero-order chi connectivity index (χ0) is 20.1. The third kappa shape index (κ3) is 3.51. The number of carbonyl (C=O) groups excluding carboxylic acids is 1. The molecule has 1 saturated carbocycles. The first kappa shape index (κ1) is 18.9. The second kappa shape index (κ2) is 6.89. The molecule has 3 N–H and O–H groups in total. The summed E-state index contributed by atoms with van der Waals surface area (Å²) >= 11 is 0. The molecular formula is C17H20F2N6O2S. The third-order valence-corrected chi connectivity index (χ3v) is 6.26. The lowest BCUT2D eigenvalue weighted by atomic mass is 10.0. The molecule has 4 rings (SSSR count). The van der Waals surface area contributed by atoms with E-state index in [1.165, 1.54) is 0 Å². The van der Waals surface area contributed by atoms with Crippen LogP contribution < -0.4 is 10.5 Å². The van der Waals surface area contributed by atoms with E-state index in [1.54, 1.807) is 0 Å². The maximum Gasteiger partial charge on any atom is 0.354 e. The number of amides is 2. The number of fused-ring (bicyclic) bond motifs is 1. The predicted octanol–water partition coefficient (Wildman–Crippen LogP) is 3.28. The van der Waals surface area contributed by atoms with Crippen LogP contribution in [0.25, 0.3) is 0 Å². The summed E-state index contributed by atoms with van der Waals surface area (Å²) < 4.78 is 41.7. The van der Waals surface area contributed by atoms with Crippen molar-refractivity contribution >= 4 is 21.6 Å². The van der Waals surface area contributed by atoms with E-state index in [1.807, 2.05) is 6.92 Å². The van der Waals surface area contributed by atoms with E-state index >= 15 is 0 Å².